The largest absolute Gasteiger partial charge is 0.496 e. The molecule has 5 aromatic rings. The number of carbonyl (C=O) groups excluding carboxylic acids is 3. The molecule has 0 radical (unpaired) electrons. The van der Waals surface area contributed by atoms with Crippen LogP contribution >= 0.6 is 0 Å². The van der Waals surface area contributed by atoms with Gasteiger partial charge in [0.2, 0.25) is 0 Å². The quantitative estimate of drug-likeness (QED) is 0.186. The lowest BCUT2D eigenvalue weighted by molar-refractivity contribution is -0.115. The van der Waals surface area contributed by atoms with E-state index in [1.165, 1.54) is 5.01 Å². The second-order valence-electron chi connectivity index (χ2n) is 13.4. The number of hydrazine groups is 1. The lowest BCUT2D eigenvalue weighted by atomic mass is 9.97. The van der Waals surface area contributed by atoms with Crippen LogP contribution in [0, 0.1) is 6.92 Å². The third-order valence-electron chi connectivity index (χ3n) is 9.02. The van der Waals surface area contributed by atoms with Crippen LogP contribution in [0.15, 0.2) is 54.9 Å². The normalized spacial score (nSPS) is 14.1. The second kappa shape index (κ2) is 13.8. The lowest BCUT2D eigenvalue weighted by Gasteiger charge is -2.39. The zero-order valence-corrected chi connectivity index (χ0v) is 29.5. The smallest absolute Gasteiger partial charge is 0.425 e. The third kappa shape index (κ3) is 6.60. The minimum atomic E-state index is -0.675. The molecule has 0 unspecified atom stereocenters. The molecule has 0 spiro atoms. The summed E-state index contributed by atoms with van der Waals surface area (Å²) in [5.74, 6) is 1.88. The first-order valence-electron chi connectivity index (χ1n) is 16.6. The first-order valence-corrected chi connectivity index (χ1v) is 16.6. The zero-order valence-electron chi connectivity index (χ0n) is 29.5. The first-order chi connectivity index (χ1) is 23.9. The lowest BCUT2D eigenvalue weighted by Crippen LogP contribution is -2.52. The van der Waals surface area contributed by atoms with Gasteiger partial charge in [-0.1, -0.05) is 12.1 Å². The van der Waals surface area contributed by atoms with Crippen LogP contribution in [0.2, 0.25) is 0 Å². The van der Waals surface area contributed by atoms with Crippen LogP contribution in [0.4, 0.5) is 10.5 Å². The van der Waals surface area contributed by atoms with Crippen LogP contribution in [-0.2, 0) is 16.6 Å². The van der Waals surface area contributed by atoms with E-state index < -0.39 is 11.7 Å². The average Bonchev–Trinajstić information content (AvgIpc) is 3.66. The summed E-state index contributed by atoms with van der Waals surface area (Å²) in [5.41, 5.74) is 4.48. The third-order valence-corrected chi connectivity index (χ3v) is 9.02. The molecule has 0 bridgehead atoms. The Labute approximate surface area is 290 Å². The van der Waals surface area contributed by atoms with E-state index in [9.17, 15) is 14.4 Å². The number of benzene rings is 2. The highest BCUT2D eigenvalue weighted by atomic mass is 16.6. The number of aromatic nitrogens is 4. The molecule has 1 saturated heterocycles. The molecule has 3 aromatic heterocycles. The predicted octanol–water partition coefficient (Wildman–Crippen LogP) is 6.00. The molecule has 1 aliphatic heterocycles. The van der Waals surface area contributed by atoms with Gasteiger partial charge in [-0.05, 0) is 70.9 Å². The van der Waals surface area contributed by atoms with Gasteiger partial charge in [0.15, 0.2) is 0 Å². The Morgan fingerprint density at radius 2 is 1.80 bits per heavy atom. The van der Waals surface area contributed by atoms with Gasteiger partial charge in [0.25, 0.3) is 5.91 Å². The van der Waals surface area contributed by atoms with Gasteiger partial charge in [0.1, 0.15) is 34.9 Å². The molecule has 0 saturated carbocycles. The van der Waals surface area contributed by atoms with E-state index in [-0.39, 0.29) is 18.4 Å². The molecule has 4 heterocycles. The van der Waals surface area contributed by atoms with Gasteiger partial charge in [-0.2, -0.15) is 0 Å². The highest BCUT2D eigenvalue weighted by Gasteiger charge is 2.32. The minimum absolute atomic E-state index is 0.0735. The fraction of sp³-hybridized carbons (Fsp3) is 0.378. The van der Waals surface area contributed by atoms with E-state index in [1.807, 2.05) is 72.2 Å². The van der Waals surface area contributed by atoms with E-state index in [2.05, 4.69) is 14.7 Å². The van der Waals surface area contributed by atoms with Gasteiger partial charge in [0.05, 0.1) is 48.9 Å². The molecule has 1 fully saturated rings. The fourth-order valence-corrected chi connectivity index (χ4v) is 6.62. The Bertz CT molecular complexity index is 2070. The molecule has 50 heavy (non-hydrogen) atoms. The van der Waals surface area contributed by atoms with Crippen molar-refractivity contribution in [3.8, 4) is 22.8 Å². The number of amides is 2. The molecule has 2 amide bonds. The SMILES string of the molecule is COc1cc(-c2nc(C3CCN(N(CC=O)C(=O)OC(C)(C)C)CC3)n3ccnc(C)c23)ccc1NC(=O)c1cc2c(OC)cccc2n1C. The van der Waals surface area contributed by atoms with Gasteiger partial charge >= 0.3 is 6.09 Å². The molecule has 1 N–H and O–H groups in total. The number of aryl methyl sites for hydroxylation is 2. The maximum absolute atomic E-state index is 13.5. The molecular weight excluding hydrogens is 638 g/mol. The van der Waals surface area contributed by atoms with Crippen LogP contribution in [0.25, 0.3) is 27.7 Å². The first kappa shape index (κ1) is 34.4. The van der Waals surface area contributed by atoms with E-state index in [0.29, 0.717) is 55.1 Å². The molecule has 262 valence electrons. The number of nitrogens with zero attached hydrogens (tertiary/aromatic N) is 6. The topological polar surface area (TPSA) is 133 Å². The Balaban J connectivity index is 1.26. The van der Waals surface area contributed by atoms with E-state index >= 15 is 0 Å². The number of methoxy groups -OCH3 is 2. The Morgan fingerprint density at radius 1 is 1.06 bits per heavy atom. The van der Waals surface area contributed by atoms with E-state index in [4.69, 9.17) is 19.2 Å². The number of hydrogen-bond acceptors (Lipinski definition) is 9. The molecule has 1 aliphatic rings. The van der Waals surface area contributed by atoms with Crippen molar-refractivity contribution in [1.82, 2.24) is 29.0 Å². The maximum Gasteiger partial charge on any atom is 0.425 e. The number of aldehydes is 1. The zero-order chi connectivity index (χ0) is 35.7. The highest BCUT2D eigenvalue weighted by Crippen LogP contribution is 2.37. The number of anilines is 1. The molecule has 0 atom stereocenters. The van der Waals surface area contributed by atoms with E-state index in [0.717, 1.165) is 39.2 Å². The molecular formula is C37H43N7O6. The summed E-state index contributed by atoms with van der Waals surface area (Å²) >= 11 is 0. The van der Waals surface area contributed by atoms with Crippen molar-refractivity contribution in [3.05, 3.63) is 72.1 Å². The molecule has 13 heteroatoms. The summed E-state index contributed by atoms with van der Waals surface area (Å²) in [5, 5.41) is 7.14. The van der Waals surface area contributed by atoms with Crippen LogP contribution in [0.1, 0.15) is 61.5 Å². The maximum atomic E-state index is 13.5. The Morgan fingerprint density at radius 3 is 2.48 bits per heavy atom. The number of hydrogen-bond donors (Lipinski definition) is 1. The predicted molar refractivity (Wildman–Crippen MR) is 190 cm³/mol. The van der Waals surface area contributed by atoms with Crippen molar-refractivity contribution < 1.29 is 28.6 Å². The van der Waals surface area contributed by atoms with Crippen molar-refractivity contribution in [1.29, 1.82) is 0 Å². The van der Waals surface area contributed by atoms with Crippen molar-refractivity contribution in [2.75, 3.05) is 39.2 Å². The number of carbonyl (C=O) groups is 3. The van der Waals surface area contributed by atoms with Crippen molar-refractivity contribution in [2.24, 2.45) is 7.05 Å². The summed E-state index contributed by atoms with van der Waals surface area (Å²) in [7, 11) is 5.03. The van der Waals surface area contributed by atoms with Crippen LogP contribution in [0.3, 0.4) is 0 Å². The van der Waals surface area contributed by atoms with Gasteiger partial charge in [-0.25, -0.2) is 19.8 Å². The van der Waals surface area contributed by atoms with Crippen LogP contribution < -0.4 is 14.8 Å². The number of imidazole rings is 1. The van der Waals surface area contributed by atoms with Gasteiger partial charge in [-0.3, -0.25) is 14.2 Å². The number of nitrogens with one attached hydrogen (secondary N) is 1. The molecule has 6 rings (SSSR count). The average molecular weight is 682 g/mol. The van der Waals surface area contributed by atoms with Crippen molar-refractivity contribution in [2.45, 2.75) is 52.1 Å². The molecule has 2 aromatic carbocycles. The van der Waals surface area contributed by atoms with Crippen LogP contribution in [-0.4, -0.2) is 86.7 Å². The summed E-state index contributed by atoms with van der Waals surface area (Å²) in [6, 6.07) is 13.1. The summed E-state index contributed by atoms with van der Waals surface area (Å²) < 4.78 is 20.8. The summed E-state index contributed by atoms with van der Waals surface area (Å²) in [6.07, 6.45) is 5.29. The molecule has 0 aliphatic carbocycles. The van der Waals surface area contributed by atoms with Gasteiger partial charge in [-0.15, -0.1) is 0 Å². The second-order valence-corrected chi connectivity index (χ2v) is 13.4. The number of ether oxygens (including phenoxy) is 3. The summed E-state index contributed by atoms with van der Waals surface area (Å²) in [4.78, 5) is 47.6. The Kier molecular flexibility index (Phi) is 9.52. The number of rotatable bonds is 9. The number of fused-ring (bicyclic) bond motifs is 2. The fourth-order valence-electron chi connectivity index (χ4n) is 6.62. The molecule has 13 nitrogen and oxygen atoms in total. The Hall–Kier alpha value is -5.43. The highest BCUT2D eigenvalue weighted by molar-refractivity contribution is 6.08. The standard InChI is InChI=1S/C37H43N7O6/c1-23-33-32(25-11-12-27(31(21-25)49-7)39-35(46)29-22-26-28(41(29)5)9-8-10-30(26)48-6)40-34(43(33)18-15-38-23)24-13-16-42(17-14-24)44(19-20-45)36(47)50-37(2,3)4/h8-12,15,18,20-22,24H,13-14,16-17,19H2,1-7H3,(H,39,46). The van der Waals surface area contributed by atoms with Gasteiger partial charge in [0, 0.05) is 49.4 Å². The van der Waals surface area contributed by atoms with Crippen LogP contribution in [0.5, 0.6) is 11.5 Å². The van der Waals surface area contributed by atoms with E-state index in [1.54, 1.807) is 41.2 Å². The minimum Gasteiger partial charge on any atom is -0.496 e. The monoisotopic (exact) mass is 681 g/mol. The van der Waals surface area contributed by atoms with Crippen molar-refractivity contribution >= 4 is 40.4 Å². The van der Waals surface area contributed by atoms with Crippen molar-refractivity contribution in [3.63, 3.8) is 0 Å². The summed E-state index contributed by atoms with van der Waals surface area (Å²) in [6.45, 7) is 8.40. The van der Waals surface area contributed by atoms with Gasteiger partial charge < -0.3 is 28.9 Å². The number of piperidine rings is 1.